The van der Waals surface area contributed by atoms with E-state index >= 15 is 0 Å². The topological polar surface area (TPSA) is 96.0 Å². The van der Waals surface area contributed by atoms with Gasteiger partial charge in [0, 0.05) is 30.4 Å². The molecular weight excluding hydrogens is 432 g/mol. The fourth-order valence-electron chi connectivity index (χ4n) is 4.79. The van der Waals surface area contributed by atoms with Gasteiger partial charge in [0.1, 0.15) is 23.2 Å². The van der Waals surface area contributed by atoms with Crippen LogP contribution in [0.4, 0.5) is 10.6 Å². The van der Waals surface area contributed by atoms with Crippen LogP contribution in [0, 0.1) is 11.3 Å². The Morgan fingerprint density at radius 1 is 1.24 bits per heavy atom. The molecule has 2 atom stereocenters. The van der Waals surface area contributed by atoms with Gasteiger partial charge in [0.15, 0.2) is 0 Å². The van der Waals surface area contributed by atoms with Crippen LogP contribution in [0.2, 0.25) is 0 Å². The summed E-state index contributed by atoms with van der Waals surface area (Å²) in [7, 11) is 0. The third-order valence-corrected chi connectivity index (χ3v) is 6.20. The molecule has 3 aromatic rings. The molecule has 0 aromatic carbocycles. The van der Waals surface area contributed by atoms with Crippen LogP contribution in [-0.2, 0) is 4.74 Å². The number of nitrogens with zero attached hydrogens (tertiary/aromatic N) is 6. The lowest BCUT2D eigenvalue weighted by molar-refractivity contribution is -0.0380. The number of hydrogen-bond acceptors (Lipinski definition) is 7. The number of hydrogen-bond donors (Lipinski definition) is 0. The lowest BCUT2D eigenvalue weighted by Crippen LogP contribution is -2.70. The smallest absolute Gasteiger partial charge is 0.410 e. The van der Waals surface area contributed by atoms with E-state index in [4.69, 9.17) is 14.5 Å². The third-order valence-electron chi connectivity index (χ3n) is 6.20. The van der Waals surface area contributed by atoms with Crippen molar-refractivity contribution in [1.82, 2.24) is 19.5 Å². The molecule has 0 N–H and O–H groups in total. The summed E-state index contributed by atoms with van der Waals surface area (Å²) in [5.74, 6) is 1.55. The van der Waals surface area contributed by atoms with E-state index in [0.717, 1.165) is 42.0 Å². The first-order valence-electron chi connectivity index (χ1n) is 11.5. The number of aromatic nitrogens is 3. The molecule has 3 fully saturated rings. The highest BCUT2D eigenvalue weighted by atomic mass is 16.6. The van der Waals surface area contributed by atoms with Crippen molar-refractivity contribution in [2.45, 2.75) is 51.8 Å². The minimum Gasteiger partial charge on any atom is -0.492 e. The van der Waals surface area contributed by atoms with Gasteiger partial charge < -0.3 is 14.4 Å². The number of pyridine rings is 2. The zero-order chi connectivity index (χ0) is 24.0. The molecule has 0 spiro atoms. The minimum atomic E-state index is -0.496. The Morgan fingerprint density at radius 2 is 2.00 bits per heavy atom. The van der Waals surface area contributed by atoms with Crippen molar-refractivity contribution in [3.8, 4) is 22.9 Å². The van der Waals surface area contributed by atoms with Crippen molar-refractivity contribution >= 4 is 17.4 Å². The van der Waals surface area contributed by atoms with Crippen molar-refractivity contribution in [2.24, 2.45) is 0 Å². The number of nitriles is 1. The normalized spacial score (nSPS) is 19.5. The summed E-state index contributed by atoms with van der Waals surface area (Å²) >= 11 is 0. The molecule has 3 saturated heterocycles. The van der Waals surface area contributed by atoms with Crippen molar-refractivity contribution in [1.29, 1.82) is 5.26 Å². The first-order valence-corrected chi connectivity index (χ1v) is 11.5. The van der Waals surface area contributed by atoms with Crippen LogP contribution in [0.1, 0.15) is 39.7 Å². The van der Waals surface area contributed by atoms with Gasteiger partial charge in [-0.05, 0) is 52.3 Å². The van der Waals surface area contributed by atoms with Crippen LogP contribution in [0.25, 0.3) is 16.6 Å². The molecule has 0 saturated carbocycles. The number of fused-ring (bicyclic) bond motifs is 3. The average molecular weight is 461 g/mol. The van der Waals surface area contributed by atoms with Crippen LogP contribution in [0.3, 0.4) is 0 Å². The second-order valence-electron chi connectivity index (χ2n) is 9.73. The van der Waals surface area contributed by atoms with E-state index in [1.165, 1.54) is 0 Å². The van der Waals surface area contributed by atoms with Gasteiger partial charge in [0.05, 0.1) is 42.2 Å². The first kappa shape index (κ1) is 22.0. The van der Waals surface area contributed by atoms with E-state index in [9.17, 15) is 10.1 Å². The van der Waals surface area contributed by atoms with Gasteiger partial charge in [-0.3, -0.25) is 4.90 Å². The van der Waals surface area contributed by atoms with Crippen LogP contribution < -0.4 is 9.64 Å². The number of rotatable bonds is 4. The maximum Gasteiger partial charge on any atom is 0.410 e. The Labute approximate surface area is 198 Å². The SMILES string of the molecule is CCOc1cc(-c2ccc(N3CC4CC(C3)N4C(=O)OC(C)(C)C)nc2)c2c(C#N)cnn2c1. The van der Waals surface area contributed by atoms with Crippen molar-refractivity contribution in [3.05, 3.63) is 42.4 Å². The fourth-order valence-corrected chi connectivity index (χ4v) is 4.79. The molecule has 9 nitrogen and oxygen atoms in total. The molecule has 176 valence electrons. The van der Waals surface area contributed by atoms with Gasteiger partial charge in [0.25, 0.3) is 0 Å². The fraction of sp³-hybridized carbons (Fsp3) is 0.440. The molecule has 2 bridgehead atoms. The zero-order valence-electron chi connectivity index (χ0n) is 19.9. The minimum absolute atomic E-state index is 0.141. The van der Waals surface area contributed by atoms with Crippen molar-refractivity contribution < 1.29 is 14.3 Å². The molecule has 6 rings (SSSR count). The summed E-state index contributed by atoms with van der Waals surface area (Å²) in [6.45, 7) is 9.59. The molecule has 0 radical (unpaired) electrons. The molecule has 9 heteroatoms. The van der Waals surface area contributed by atoms with Gasteiger partial charge in [-0.15, -0.1) is 0 Å². The molecule has 2 unspecified atom stereocenters. The molecule has 0 aliphatic carbocycles. The molecular formula is C25H28N6O3. The summed E-state index contributed by atoms with van der Waals surface area (Å²) in [6.07, 6.45) is 5.92. The number of anilines is 1. The lowest BCUT2D eigenvalue weighted by atomic mass is 9.88. The number of ether oxygens (including phenoxy) is 2. The summed E-state index contributed by atoms with van der Waals surface area (Å²) in [4.78, 5) is 21.4. The van der Waals surface area contributed by atoms with E-state index in [0.29, 0.717) is 17.9 Å². The molecule has 3 aliphatic rings. The van der Waals surface area contributed by atoms with E-state index < -0.39 is 5.60 Å². The highest BCUT2D eigenvalue weighted by Crippen LogP contribution is 2.36. The summed E-state index contributed by atoms with van der Waals surface area (Å²) in [5.41, 5.74) is 2.46. The van der Waals surface area contributed by atoms with Gasteiger partial charge in [-0.1, -0.05) is 0 Å². The van der Waals surface area contributed by atoms with E-state index in [-0.39, 0.29) is 18.2 Å². The van der Waals surface area contributed by atoms with Crippen molar-refractivity contribution in [3.63, 3.8) is 0 Å². The predicted octanol–water partition coefficient (Wildman–Crippen LogP) is 3.86. The predicted molar refractivity (Wildman–Crippen MR) is 127 cm³/mol. The number of carbonyl (C=O) groups is 1. The van der Waals surface area contributed by atoms with Gasteiger partial charge >= 0.3 is 6.09 Å². The van der Waals surface area contributed by atoms with Crippen LogP contribution >= 0.6 is 0 Å². The third kappa shape index (κ3) is 3.89. The largest absolute Gasteiger partial charge is 0.492 e. The highest BCUT2D eigenvalue weighted by molar-refractivity contribution is 5.85. The number of piperazine rings is 1. The van der Waals surface area contributed by atoms with Crippen LogP contribution in [0.15, 0.2) is 36.8 Å². The maximum absolute atomic E-state index is 12.5. The molecule has 6 heterocycles. The molecule has 3 aromatic heterocycles. The number of carbonyl (C=O) groups excluding carboxylic acids is 1. The summed E-state index contributed by atoms with van der Waals surface area (Å²) in [6, 6.07) is 8.42. The Kier molecular flexibility index (Phi) is 5.31. The summed E-state index contributed by atoms with van der Waals surface area (Å²) in [5, 5.41) is 13.8. The number of amides is 1. The van der Waals surface area contributed by atoms with Crippen molar-refractivity contribution in [2.75, 3.05) is 24.6 Å². The first-order chi connectivity index (χ1) is 16.3. The Balaban J connectivity index is 1.37. The second-order valence-corrected chi connectivity index (χ2v) is 9.73. The summed E-state index contributed by atoms with van der Waals surface area (Å²) < 4.78 is 12.9. The van der Waals surface area contributed by atoms with Crippen LogP contribution in [0.5, 0.6) is 5.75 Å². The molecule has 1 amide bonds. The van der Waals surface area contributed by atoms with E-state index in [2.05, 4.69) is 16.1 Å². The quantitative estimate of drug-likeness (QED) is 0.583. The Bertz CT molecular complexity index is 1260. The van der Waals surface area contributed by atoms with Gasteiger partial charge in [0.2, 0.25) is 0 Å². The van der Waals surface area contributed by atoms with E-state index in [1.54, 1.807) is 16.9 Å². The Hall–Kier alpha value is -3.80. The zero-order valence-corrected chi connectivity index (χ0v) is 19.9. The lowest BCUT2D eigenvalue weighted by Gasteiger charge is -2.56. The highest BCUT2D eigenvalue weighted by Gasteiger charge is 2.49. The standard InChI is InChI=1S/C25H28N6O3/c1-5-33-20-9-21(23-17(10-26)12-28-30(23)15-20)16-6-7-22(27-11-16)29-13-18-8-19(14-29)31(18)24(32)34-25(2,3)4/h6-7,9,11-12,15,18-19H,5,8,13-14H2,1-4H3. The average Bonchev–Trinajstić information content (AvgIpc) is 3.21. The van der Waals surface area contributed by atoms with Gasteiger partial charge in [-0.2, -0.15) is 10.4 Å². The van der Waals surface area contributed by atoms with Gasteiger partial charge in [-0.25, -0.2) is 14.3 Å². The maximum atomic E-state index is 12.5. The number of piperidine rings is 1. The molecule has 34 heavy (non-hydrogen) atoms. The van der Waals surface area contributed by atoms with Crippen LogP contribution in [-0.4, -0.2) is 63.0 Å². The Morgan fingerprint density at radius 3 is 2.62 bits per heavy atom. The van der Waals surface area contributed by atoms with E-state index in [1.807, 2.05) is 57.0 Å². The molecule has 3 aliphatic heterocycles. The second kappa shape index (κ2) is 8.20. The monoisotopic (exact) mass is 460 g/mol.